The Morgan fingerprint density at radius 1 is 0.574 bits per heavy atom. The number of aromatic hydroxyl groups is 1. The number of hydrogen-bond donors (Lipinski definition) is 1. The molecule has 3 heterocycles. The average Bonchev–Trinajstić information content (AvgIpc) is 3.80. The summed E-state index contributed by atoms with van der Waals surface area (Å²) in [6.45, 7) is 0. The third-order valence-corrected chi connectivity index (χ3v) is 9.87. The van der Waals surface area contributed by atoms with Crippen LogP contribution in [-0.2, 0) is 21.1 Å². The van der Waals surface area contributed by atoms with Crippen LogP contribution >= 0.6 is 0 Å². The second-order valence-electron chi connectivity index (χ2n) is 13.0. The zero-order chi connectivity index (χ0) is 35.3. The molecular formula is C48H30N3O2Pt-. The van der Waals surface area contributed by atoms with Gasteiger partial charge in [0.1, 0.15) is 22.5 Å². The van der Waals surface area contributed by atoms with E-state index in [9.17, 15) is 5.11 Å². The van der Waals surface area contributed by atoms with Gasteiger partial charge < -0.3 is 9.52 Å². The maximum atomic E-state index is 11.8. The van der Waals surface area contributed by atoms with E-state index >= 15 is 0 Å². The molecule has 10 rings (SSSR count). The van der Waals surface area contributed by atoms with Gasteiger partial charge in [0.25, 0.3) is 0 Å². The van der Waals surface area contributed by atoms with Gasteiger partial charge in [0.15, 0.2) is 5.82 Å². The third-order valence-electron chi connectivity index (χ3n) is 9.87. The number of hydrogen-bond acceptors (Lipinski definition) is 4. The summed E-state index contributed by atoms with van der Waals surface area (Å²) in [7, 11) is 0. The number of phenolic OH excluding ortho intramolecular Hbond substituents is 1. The molecule has 7 aromatic carbocycles. The van der Waals surface area contributed by atoms with Gasteiger partial charge in [-0.15, -0.1) is 23.8 Å². The van der Waals surface area contributed by atoms with E-state index in [2.05, 4.69) is 101 Å². The molecule has 0 fully saturated rings. The summed E-state index contributed by atoms with van der Waals surface area (Å²) in [5.41, 5.74) is 12.2. The van der Waals surface area contributed by atoms with Crippen molar-refractivity contribution in [2.75, 3.05) is 0 Å². The van der Waals surface area contributed by atoms with Crippen LogP contribution in [0.5, 0.6) is 5.75 Å². The SMILES string of the molecule is Oc1ccc2c(oc3ccccc32)c1-c1nc2c(-c3[c-]c(-c4ccccn4)cc(-c4ccccc4)c3)cccc2n1-c1ccccc1-c1ccccc1.[Pt]. The zero-order valence-corrected chi connectivity index (χ0v) is 31.0. The van der Waals surface area contributed by atoms with Gasteiger partial charge >= 0.3 is 0 Å². The first kappa shape index (κ1) is 33.3. The monoisotopic (exact) mass is 875 g/mol. The van der Waals surface area contributed by atoms with Gasteiger partial charge in [0.05, 0.1) is 16.7 Å². The van der Waals surface area contributed by atoms with Gasteiger partial charge in [-0.05, 0) is 47.5 Å². The molecule has 10 aromatic rings. The number of rotatable bonds is 6. The number of imidazole rings is 1. The molecule has 0 amide bonds. The second-order valence-corrected chi connectivity index (χ2v) is 13.0. The molecule has 0 aliphatic rings. The molecule has 0 atom stereocenters. The summed E-state index contributed by atoms with van der Waals surface area (Å²) in [4.78, 5) is 10.1. The molecule has 6 heteroatoms. The van der Waals surface area contributed by atoms with Crippen LogP contribution in [0.4, 0.5) is 0 Å². The van der Waals surface area contributed by atoms with Crippen LogP contribution in [-0.4, -0.2) is 19.6 Å². The molecule has 0 aliphatic carbocycles. The molecule has 0 saturated carbocycles. The van der Waals surface area contributed by atoms with Crippen LogP contribution < -0.4 is 0 Å². The molecule has 3 aromatic heterocycles. The van der Waals surface area contributed by atoms with Crippen LogP contribution in [0.3, 0.4) is 0 Å². The Bertz CT molecular complexity index is 2900. The van der Waals surface area contributed by atoms with Crippen molar-refractivity contribution < 1.29 is 30.6 Å². The number of benzene rings is 7. The Kier molecular flexibility index (Phi) is 8.49. The fraction of sp³-hybridized carbons (Fsp3) is 0. The Morgan fingerprint density at radius 3 is 2.09 bits per heavy atom. The maximum Gasteiger partial charge on any atom is 0.152 e. The largest absolute Gasteiger partial charge is 0.507 e. The summed E-state index contributed by atoms with van der Waals surface area (Å²) in [6.07, 6.45) is 1.81. The number of fused-ring (bicyclic) bond motifs is 4. The van der Waals surface area contributed by atoms with Gasteiger partial charge in [-0.2, -0.15) is 0 Å². The summed E-state index contributed by atoms with van der Waals surface area (Å²) >= 11 is 0. The smallest absolute Gasteiger partial charge is 0.152 e. The summed E-state index contributed by atoms with van der Waals surface area (Å²) in [5.74, 6) is 0.657. The molecule has 0 radical (unpaired) electrons. The standard InChI is InChI=1S/C48H30N3O2.Pt/c52-43-26-25-39-38-19-8-10-24-44(38)53-47(39)45(43)48-50-46-37(20-13-23-42(46)51(48)41-22-9-7-18-36(41)32-16-5-2-6-17-32)34-28-33(31-14-3-1-4-15-31)29-35(30-34)40-21-11-12-27-49-40;/h1-29,52H;/q-1;. The summed E-state index contributed by atoms with van der Waals surface area (Å²) in [5, 5.41) is 13.6. The Labute approximate surface area is 326 Å². The van der Waals surface area contributed by atoms with E-state index in [0.29, 0.717) is 17.0 Å². The van der Waals surface area contributed by atoms with Crippen LogP contribution in [0, 0.1) is 6.07 Å². The predicted octanol–water partition coefficient (Wildman–Crippen LogP) is 12.2. The van der Waals surface area contributed by atoms with Gasteiger partial charge in [-0.1, -0.05) is 138 Å². The number of phenols is 1. The molecule has 54 heavy (non-hydrogen) atoms. The van der Waals surface area contributed by atoms with Crippen molar-refractivity contribution in [1.29, 1.82) is 0 Å². The molecule has 5 nitrogen and oxygen atoms in total. The van der Waals surface area contributed by atoms with Gasteiger partial charge in [-0.3, -0.25) is 9.55 Å². The van der Waals surface area contributed by atoms with Crippen molar-refractivity contribution >= 4 is 33.0 Å². The van der Waals surface area contributed by atoms with Crippen LogP contribution in [0.15, 0.2) is 180 Å². The quantitative estimate of drug-likeness (QED) is 0.169. The van der Waals surface area contributed by atoms with E-state index in [1.807, 2.05) is 85.1 Å². The Balaban J connectivity index is 0.00000384. The third kappa shape index (κ3) is 5.62. The normalized spacial score (nSPS) is 11.3. The number of pyridine rings is 1. The number of para-hydroxylation sites is 3. The van der Waals surface area contributed by atoms with E-state index in [4.69, 9.17) is 9.40 Å². The first-order valence-corrected chi connectivity index (χ1v) is 17.6. The molecule has 0 aliphatic heterocycles. The fourth-order valence-electron chi connectivity index (χ4n) is 7.43. The van der Waals surface area contributed by atoms with E-state index in [1.165, 1.54) is 0 Å². The van der Waals surface area contributed by atoms with Crippen LogP contribution in [0.25, 0.3) is 94.7 Å². The minimum absolute atomic E-state index is 0. The second kappa shape index (κ2) is 13.8. The minimum Gasteiger partial charge on any atom is -0.507 e. The fourth-order valence-corrected chi connectivity index (χ4v) is 7.43. The van der Waals surface area contributed by atoms with E-state index in [-0.39, 0.29) is 26.8 Å². The Morgan fingerprint density at radius 2 is 1.28 bits per heavy atom. The minimum atomic E-state index is 0. The van der Waals surface area contributed by atoms with Crippen molar-refractivity contribution in [2.45, 2.75) is 0 Å². The van der Waals surface area contributed by atoms with Gasteiger partial charge in [0.2, 0.25) is 0 Å². The number of nitrogens with zero attached hydrogens (tertiary/aromatic N) is 3. The topological polar surface area (TPSA) is 64.1 Å². The predicted molar refractivity (Wildman–Crippen MR) is 214 cm³/mol. The van der Waals surface area contributed by atoms with Crippen molar-refractivity contribution in [3.05, 3.63) is 182 Å². The van der Waals surface area contributed by atoms with E-state index in [0.717, 1.165) is 77.7 Å². The first-order chi connectivity index (χ1) is 26.2. The van der Waals surface area contributed by atoms with E-state index < -0.39 is 0 Å². The number of furan rings is 1. The van der Waals surface area contributed by atoms with Gasteiger partial charge in [0, 0.05) is 49.3 Å². The van der Waals surface area contributed by atoms with Crippen LogP contribution in [0.2, 0.25) is 0 Å². The molecule has 0 bridgehead atoms. The molecule has 0 saturated heterocycles. The van der Waals surface area contributed by atoms with E-state index in [1.54, 1.807) is 6.07 Å². The zero-order valence-electron chi connectivity index (χ0n) is 28.8. The summed E-state index contributed by atoms with van der Waals surface area (Å²) in [6, 6.07) is 60.9. The molecule has 0 unspecified atom stereocenters. The maximum absolute atomic E-state index is 11.8. The van der Waals surface area contributed by atoms with Crippen molar-refractivity contribution in [3.8, 4) is 67.5 Å². The average molecular weight is 876 g/mol. The summed E-state index contributed by atoms with van der Waals surface area (Å²) < 4.78 is 8.69. The van der Waals surface area contributed by atoms with Gasteiger partial charge in [-0.25, -0.2) is 4.98 Å². The molecular weight excluding hydrogens is 846 g/mol. The molecule has 0 spiro atoms. The van der Waals surface area contributed by atoms with Crippen molar-refractivity contribution in [2.24, 2.45) is 0 Å². The molecule has 260 valence electrons. The van der Waals surface area contributed by atoms with Crippen LogP contribution in [0.1, 0.15) is 0 Å². The number of aromatic nitrogens is 3. The molecule has 1 N–H and O–H groups in total. The first-order valence-electron chi connectivity index (χ1n) is 17.6. The van der Waals surface area contributed by atoms with Crippen molar-refractivity contribution in [1.82, 2.24) is 14.5 Å². The Hall–Kier alpha value is -6.55. The van der Waals surface area contributed by atoms with Crippen molar-refractivity contribution in [3.63, 3.8) is 0 Å².